The summed E-state index contributed by atoms with van der Waals surface area (Å²) in [6.07, 6.45) is 4.90. The number of amides is 1. The smallest absolute Gasteiger partial charge is 0.306 e. The second-order valence-electron chi connectivity index (χ2n) is 7.61. The fraction of sp³-hybridized carbons (Fsp3) is 0.636. The molecule has 0 aliphatic heterocycles. The van der Waals surface area contributed by atoms with E-state index in [9.17, 15) is 9.59 Å². The van der Waals surface area contributed by atoms with Gasteiger partial charge in [0.15, 0.2) is 18.1 Å². The van der Waals surface area contributed by atoms with Crippen LogP contribution in [0.3, 0.4) is 0 Å². The molecule has 7 heteroatoms. The van der Waals surface area contributed by atoms with Gasteiger partial charge in [-0.25, -0.2) is 0 Å². The molecule has 1 aliphatic rings. The van der Waals surface area contributed by atoms with Crippen molar-refractivity contribution in [2.75, 3.05) is 35.0 Å². The Morgan fingerprint density at radius 1 is 1.00 bits per heavy atom. The lowest BCUT2D eigenvalue weighted by Gasteiger charge is -2.33. The van der Waals surface area contributed by atoms with Crippen LogP contribution in [0, 0.1) is 5.92 Å². The predicted octanol–water partition coefficient (Wildman–Crippen LogP) is 3.23. The van der Waals surface area contributed by atoms with Crippen molar-refractivity contribution < 1.29 is 28.5 Å². The van der Waals surface area contributed by atoms with Gasteiger partial charge >= 0.3 is 5.97 Å². The third-order valence-electron chi connectivity index (χ3n) is 5.63. The van der Waals surface area contributed by atoms with Crippen molar-refractivity contribution in [3.05, 3.63) is 17.7 Å². The van der Waals surface area contributed by atoms with Gasteiger partial charge in [0, 0.05) is 19.5 Å². The number of carbonyl (C=O) groups excluding carboxylic acids is 2. The van der Waals surface area contributed by atoms with E-state index in [4.69, 9.17) is 18.9 Å². The maximum absolute atomic E-state index is 12.3. The van der Waals surface area contributed by atoms with E-state index in [0.717, 1.165) is 37.2 Å². The van der Waals surface area contributed by atoms with Gasteiger partial charge in [-0.1, -0.05) is 6.92 Å². The van der Waals surface area contributed by atoms with Crippen molar-refractivity contribution in [3.63, 3.8) is 0 Å². The molecule has 0 N–H and O–H groups in total. The number of benzene rings is 1. The predicted molar refractivity (Wildman–Crippen MR) is 110 cm³/mol. The molecule has 162 valence electrons. The maximum atomic E-state index is 12.3. The number of aryl methyl sites for hydroxylation is 1. The monoisotopic (exact) mass is 407 g/mol. The Labute approximate surface area is 173 Å². The average molecular weight is 408 g/mol. The number of ether oxygens (including phenoxy) is 4. The summed E-state index contributed by atoms with van der Waals surface area (Å²) in [5, 5.41) is 0. The summed E-state index contributed by atoms with van der Waals surface area (Å²) in [4.78, 5) is 26.2. The minimum atomic E-state index is -0.405. The molecular weight excluding hydrogens is 374 g/mol. The molecule has 0 bridgehead atoms. The summed E-state index contributed by atoms with van der Waals surface area (Å²) in [5.41, 5.74) is 0.858. The highest BCUT2D eigenvalue weighted by molar-refractivity contribution is 5.80. The second-order valence-corrected chi connectivity index (χ2v) is 7.61. The third kappa shape index (κ3) is 6.27. The van der Waals surface area contributed by atoms with E-state index in [1.165, 1.54) is 0 Å². The van der Waals surface area contributed by atoms with Gasteiger partial charge < -0.3 is 23.8 Å². The van der Waals surface area contributed by atoms with Gasteiger partial charge in [-0.3, -0.25) is 9.59 Å². The van der Waals surface area contributed by atoms with Crippen LogP contribution in [0.15, 0.2) is 12.1 Å². The molecular formula is C22H33NO6. The van der Waals surface area contributed by atoms with Crippen molar-refractivity contribution in [2.24, 2.45) is 5.92 Å². The zero-order chi connectivity index (χ0) is 21.4. The van der Waals surface area contributed by atoms with Gasteiger partial charge in [0.25, 0.3) is 5.91 Å². The molecule has 7 nitrogen and oxygen atoms in total. The van der Waals surface area contributed by atoms with Crippen LogP contribution in [-0.4, -0.2) is 57.8 Å². The Bertz CT molecular complexity index is 672. The fourth-order valence-corrected chi connectivity index (χ4v) is 3.68. The molecule has 1 amide bonds. The van der Waals surface area contributed by atoms with Crippen molar-refractivity contribution >= 4 is 11.9 Å². The molecule has 0 saturated heterocycles. The molecule has 0 heterocycles. The normalized spacial score (nSPS) is 18.7. The first-order valence-electron chi connectivity index (χ1n) is 10.1. The van der Waals surface area contributed by atoms with Gasteiger partial charge in [0.1, 0.15) is 0 Å². The molecule has 1 aliphatic carbocycles. The Morgan fingerprint density at radius 3 is 2.10 bits per heavy atom. The van der Waals surface area contributed by atoms with Crippen LogP contribution in [0.1, 0.15) is 44.6 Å². The van der Waals surface area contributed by atoms with Crippen LogP contribution < -0.4 is 14.2 Å². The number of methoxy groups -OCH3 is 3. The van der Waals surface area contributed by atoms with Gasteiger partial charge in [0.2, 0.25) is 5.75 Å². The van der Waals surface area contributed by atoms with E-state index in [-0.39, 0.29) is 25.0 Å². The molecule has 2 rings (SSSR count). The molecule has 0 radical (unpaired) electrons. The van der Waals surface area contributed by atoms with Crippen molar-refractivity contribution in [3.8, 4) is 17.2 Å². The molecule has 1 aromatic rings. The highest BCUT2D eigenvalue weighted by Crippen LogP contribution is 2.38. The Kier molecular flexibility index (Phi) is 8.61. The highest BCUT2D eigenvalue weighted by Gasteiger charge is 2.25. The number of nitrogens with zero attached hydrogens (tertiary/aromatic N) is 1. The number of esters is 1. The summed E-state index contributed by atoms with van der Waals surface area (Å²) in [6.45, 7) is 2.03. The first-order valence-corrected chi connectivity index (χ1v) is 10.1. The summed E-state index contributed by atoms with van der Waals surface area (Å²) in [5.74, 6) is 1.75. The van der Waals surface area contributed by atoms with E-state index < -0.39 is 5.97 Å². The van der Waals surface area contributed by atoms with E-state index in [1.807, 2.05) is 0 Å². The molecule has 1 saturated carbocycles. The summed E-state index contributed by atoms with van der Waals surface area (Å²) in [7, 11) is 6.43. The number of carbonyl (C=O) groups is 2. The quantitative estimate of drug-likeness (QED) is 0.585. The number of likely N-dealkylation sites (N-methyl/N-ethyl adjacent to an activating group) is 1. The summed E-state index contributed by atoms with van der Waals surface area (Å²) >= 11 is 0. The van der Waals surface area contributed by atoms with Crippen LogP contribution >= 0.6 is 0 Å². The lowest BCUT2D eigenvalue weighted by molar-refractivity contribution is -0.152. The minimum absolute atomic E-state index is 0.148. The van der Waals surface area contributed by atoms with Crippen molar-refractivity contribution in [2.45, 2.75) is 51.5 Å². The molecule has 29 heavy (non-hydrogen) atoms. The fourth-order valence-electron chi connectivity index (χ4n) is 3.68. The molecule has 1 fully saturated rings. The molecule has 0 aromatic heterocycles. The largest absolute Gasteiger partial charge is 0.493 e. The second kappa shape index (κ2) is 10.9. The van der Waals surface area contributed by atoms with Gasteiger partial charge in [-0.2, -0.15) is 0 Å². The van der Waals surface area contributed by atoms with Gasteiger partial charge in [0.05, 0.1) is 21.3 Å². The van der Waals surface area contributed by atoms with Crippen molar-refractivity contribution in [1.82, 2.24) is 4.90 Å². The number of hydrogen-bond acceptors (Lipinski definition) is 6. The molecule has 0 spiro atoms. The molecule has 0 unspecified atom stereocenters. The molecule has 1 aromatic carbocycles. The number of rotatable bonds is 9. The van der Waals surface area contributed by atoms with Crippen LogP contribution in [0.25, 0.3) is 0 Å². The summed E-state index contributed by atoms with van der Waals surface area (Å²) < 4.78 is 21.1. The first-order chi connectivity index (χ1) is 13.9. The van der Waals surface area contributed by atoms with Crippen molar-refractivity contribution in [1.29, 1.82) is 0 Å². The minimum Gasteiger partial charge on any atom is -0.493 e. The van der Waals surface area contributed by atoms with E-state index in [0.29, 0.717) is 23.7 Å². The zero-order valence-corrected chi connectivity index (χ0v) is 18.2. The topological polar surface area (TPSA) is 74.3 Å². The lowest BCUT2D eigenvalue weighted by Crippen LogP contribution is -2.41. The standard InChI is InChI=1S/C22H33NO6/c1-15-6-9-17(10-7-15)23(2)20(24)14-29-21(25)11-8-16-12-18(26-3)22(28-5)19(13-16)27-4/h12-13,15,17H,6-11,14H2,1-5H3. The van der Waals surface area contributed by atoms with Crippen LogP contribution in [-0.2, 0) is 20.7 Å². The highest BCUT2D eigenvalue weighted by atomic mass is 16.5. The van der Waals surface area contributed by atoms with Gasteiger partial charge in [-0.05, 0) is 55.7 Å². The Morgan fingerprint density at radius 2 is 1.59 bits per heavy atom. The zero-order valence-electron chi connectivity index (χ0n) is 18.2. The number of hydrogen-bond donors (Lipinski definition) is 0. The van der Waals surface area contributed by atoms with Crippen LogP contribution in [0.4, 0.5) is 0 Å². The van der Waals surface area contributed by atoms with E-state index in [1.54, 1.807) is 45.4 Å². The summed E-state index contributed by atoms with van der Waals surface area (Å²) in [6, 6.07) is 3.85. The third-order valence-corrected chi connectivity index (χ3v) is 5.63. The SMILES string of the molecule is COc1cc(CCC(=O)OCC(=O)N(C)C2CCC(C)CC2)cc(OC)c1OC. The van der Waals surface area contributed by atoms with Gasteiger partial charge in [-0.15, -0.1) is 0 Å². The van der Waals surface area contributed by atoms with E-state index in [2.05, 4.69) is 6.92 Å². The van der Waals surface area contributed by atoms with Crippen LogP contribution in [0.2, 0.25) is 0 Å². The average Bonchev–Trinajstić information content (AvgIpc) is 2.74. The van der Waals surface area contributed by atoms with Crippen LogP contribution in [0.5, 0.6) is 17.2 Å². The first kappa shape index (κ1) is 22.8. The Hall–Kier alpha value is -2.44. The van der Waals surface area contributed by atoms with E-state index >= 15 is 0 Å². The lowest BCUT2D eigenvalue weighted by atomic mass is 9.87. The Balaban J connectivity index is 1.83. The molecule has 0 atom stereocenters. The maximum Gasteiger partial charge on any atom is 0.306 e.